The van der Waals surface area contributed by atoms with Gasteiger partial charge in [0.1, 0.15) is 5.76 Å². The molecule has 0 aliphatic heterocycles. The summed E-state index contributed by atoms with van der Waals surface area (Å²) in [6, 6.07) is 7.61. The minimum atomic E-state index is -0.558. The van der Waals surface area contributed by atoms with Crippen molar-refractivity contribution in [1.82, 2.24) is 0 Å². The Bertz CT molecular complexity index is 745. The molecule has 0 bridgehead atoms. The van der Waals surface area contributed by atoms with E-state index in [0.29, 0.717) is 17.6 Å². The highest BCUT2D eigenvalue weighted by atomic mass is 16.5. The number of furan rings is 1. The van der Waals surface area contributed by atoms with Crippen LogP contribution in [0.1, 0.15) is 59.0 Å². The predicted molar refractivity (Wildman–Crippen MR) is 90.6 cm³/mol. The molecule has 0 N–H and O–H groups in total. The highest BCUT2D eigenvalue weighted by Crippen LogP contribution is 2.25. The molecule has 0 spiro atoms. The molecule has 0 aliphatic rings. The molecule has 2 rings (SSSR count). The first kappa shape index (κ1) is 18.4. The minimum absolute atomic E-state index is 0.150. The number of hydrogen-bond donors (Lipinski definition) is 0. The molecule has 132 valence electrons. The normalized spacial score (nSPS) is 10.8. The van der Waals surface area contributed by atoms with Gasteiger partial charge in [0.25, 0.3) is 0 Å². The van der Waals surface area contributed by atoms with E-state index in [1.807, 2.05) is 0 Å². The van der Waals surface area contributed by atoms with Gasteiger partial charge in [-0.3, -0.25) is 4.79 Å². The van der Waals surface area contributed by atoms with Crippen molar-refractivity contribution in [2.75, 3.05) is 0 Å². The van der Waals surface area contributed by atoms with Crippen molar-refractivity contribution in [3.8, 4) is 11.3 Å². The van der Waals surface area contributed by atoms with Gasteiger partial charge in [0.2, 0.25) is 0 Å². The van der Waals surface area contributed by atoms with Gasteiger partial charge in [-0.15, -0.1) is 0 Å². The van der Waals surface area contributed by atoms with Crippen LogP contribution in [-0.4, -0.2) is 30.4 Å². The SMILES string of the molecule is CC(C)OC(=O)c1cc(C(=O)OC(C)C)cc(-c2ccc(C=O)o2)c1. The van der Waals surface area contributed by atoms with Crippen molar-refractivity contribution in [2.45, 2.75) is 39.9 Å². The summed E-state index contributed by atoms with van der Waals surface area (Å²) in [5.41, 5.74) is 0.874. The number of aldehydes is 1. The van der Waals surface area contributed by atoms with Gasteiger partial charge in [0.05, 0.1) is 23.3 Å². The Morgan fingerprint density at radius 2 is 1.44 bits per heavy atom. The lowest BCUT2D eigenvalue weighted by atomic mass is 10.0. The van der Waals surface area contributed by atoms with Crippen molar-refractivity contribution in [2.24, 2.45) is 0 Å². The molecule has 0 radical (unpaired) electrons. The molecule has 1 heterocycles. The first-order chi connectivity index (χ1) is 11.8. The number of ether oxygens (including phenoxy) is 2. The Hall–Kier alpha value is -2.89. The van der Waals surface area contributed by atoms with E-state index in [0.717, 1.165) is 0 Å². The molecule has 0 unspecified atom stereocenters. The highest BCUT2D eigenvalue weighted by molar-refractivity contribution is 5.97. The van der Waals surface area contributed by atoms with Crippen LogP contribution in [0, 0.1) is 0 Å². The number of esters is 2. The maximum absolute atomic E-state index is 12.2. The van der Waals surface area contributed by atoms with Crippen LogP contribution >= 0.6 is 0 Å². The number of carbonyl (C=O) groups is 3. The van der Waals surface area contributed by atoms with E-state index in [4.69, 9.17) is 13.9 Å². The molecule has 6 nitrogen and oxygen atoms in total. The van der Waals surface area contributed by atoms with Gasteiger partial charge in [0, 0.05) is 5.56 Å². The van der Waals surface area contributed by atoms with Crippen LogP contribution in [0.4, 0.5) is 0 Å². The summed E-state index contributed by atoms with van der Waals surface area (Å²) in [6.07, 6.45) is -0.0195. The smallest absolute Gasteiger partial charge is 0.338 e. The molecule has 0 aliphatic carbocycles. The molecule has 6 heteroatoms. The molecule has 0 fully saturated rings. The monoisotopic (exact) mass is 344 g/mol. The van der Waals surface area contributed by atoms with E-state index in [2.05, 4.69) is 0 Å². The quantitative estimate of drug-likeness (QED) is 0.584. The first-order valence-corrected chi connectivity index (χ1v) is 7.92. The summed E-state index contributed by atoms with van der Waals surface area (Å²) in [4.78, 5) is 35.3. The van der Waals surface area contributed by atoms with Crippen molar-refractivity contribution >= 4 is 18.2 Å². The van der Waals surface area contributed by atoms with Gasteiger partial charge in [-0.2, -0.15) is 0 Å². The second-order valence-electron chi connectivity index (χ2n) is 6.03. The largest absolute Gasteiger partial charge is 0.459 e. The van der Waals surface area contributed by atoms with Gasteiger partial charge in [-0.25, -0.2) is 9.59 Å². The number of hydrogen-bond acceptors (Lipinski definition) is 6. The molecule has 0 atom stereocenters. The molecule has 2 aromatic rings. The Labute approximate surface area is 145 Å². The van der Waals surface area contributed by atoms with Gasteiger partial charge in [0.15, 0.2) is 12.0 Å². The Kier molecular flexibility index (Phi) is 5.75. The first-order valence-electron chi connectivity index (χ1n) is 7.92. The van der Waals surface area contributed by atoms with Gasteiger partial charge in [-0.05, 0) is 58.0 Å². The summed E-state index contributed by atoms with van der Waals surface area (Å²) in [7, 11) is 0. The summed E-state index contributed by atoms with van der Waals surface area (Å²) < 4.78 is 15.8. The Morgan fingerprint density at radius 1 is 0.920 bits per heavy atom. The van der Waals surface area contributed by atoms with Crippen LogP contribution in [0.15, 0.2) is 34.7 Å². The van der Waals surface area contributed by atoms with Crippen molar-refractivity contribution < 1.29 is 28.3 Å². The van der Waals surface area contributed by atoms with Gasteiger partial charge < -0.3 is 13.9 Å². The number of benzene rings is 1. The average molecular weight is 344 g/mol. The fourth-order valence-electron chi connectivity index (χ4n) is 2.14. The fourth-order valence-corrected chi connectivity index (χ4v) is 2.14. The lowest BCUT2D eigenvalue weighted by molar-refractivity contribution is 0.0377. The predicted octanol–water partition coefficient (Wildman–Crippen LogP) is 3.89. The Balaban J connectivity index is 2.48. The lowest BCUT2D eigenvalue weighted by Crippen LogP contribution is -2.15. The van der Waals surface area contributed by atoms with E-state index in [1.165, 1.54) is 12.1 Å². The summed E-state index contributed by atoms with van der Waals surface area (Å²) in [5, 5.41) is 0. The lowest BCUT2D eigenvalue weighted by Gasteiger charge is -2.12. The van der Waals surface area contributed by atoms with Crippen LogP contribution in [0.3, 0.4) is 0 Å². The van der Waals surface area contributed by atoms with E-state index < -0.39 is 11.9 Å². The average Bonchev–Trinajstić information content (AvgIpc) is 3.02. The third-order valence-electron chi connectivity index (χ3n) is 3.12. The van der Waals surface area contributed by atoms with Crippen molar-refractivity contribution in [3.63, 3.8) is 0 Å². The summed E-state index contributed by atoms with van der Waals surface area (Å²) >= 11 is 0. The highest BCUT2D eigenvalue weighted by Gasteiger charge is 2.18. The third kappa shape index (κ3) is 4.79. The van der Waals surface area contributed by atoms with Crippen molar-refractivity contribution in [3.05, 3.63) is 47.2 Å². The second-order valence-corrected chi connectivity index (χ2v) is 6.03. The van der Waals surface area contributed by atoms with Crippen LogP contribution in [-0.2, 0) is 9.47 Å². The summed E-state index contributed by atoms with van der Waals surface area (Å²) in [5.74, 6) is -0.605. The number of rotatable bonds is 6. The van der Waals surface area contributed by atoms with E-state index in [9.17, 15) is 14.4 Å². The molecule has 25 heavy (non-hydrogen) atoms. The molecule has 1 aromatic carbocycles. The topological polar surface area (TPSA) is 82.8 Å². The van der Waals surface area contributed by atoms with Crippen molar-refractivity contribution in [1.29, 1.82) is 0 Å². The zero-order valence-corrected chi connectivity index (χ0v) is 14.6. The van der Waals surface area contributed by atoms with Gasteiger partial charge in [-0.1, -0.05) is 0 Å². The fraction of sp³-hybridized carbons (Fsp3) is 0.316. The third-order valence-corrected chi connectivity index (χ3v) is 3.12. The van der Waals surface area contributed by atoms with Crippen LogP contribution in [0.25, 0.3) is 11.3 Å². The molecule has 1 aromatic heterocycles. The van der Waals surface area contributed by atoms with E-state index in [1.54, 1.807) is 45.9 Å². The molecule has 0 saturated carbocycles. The molecular formula is C19H20O6. The van der Waals surface area contributed by atoms with Crippen LogP contribution in [0.2, 0.25) is 0 Å². The zero-order valence-electron chi connectivity index (χ0n) is 14.6. The molecule has 0 saturated heterocycles. The van der Waals surface area contributed by atoms with Crippen LogP contribution in [0.5, 0.6) is 0 Å². The standard InChI is InChI=1S/C19H20O6/c1-11(2)23-18(21)14-7-13(17-6-5-16(10-20)25-17)8-15(9-14)19(22)24-12(3)4/h5-12H,1-4H3. The number of carbonyl (C=O) groups excluding carboxylic acids is 3. The zero-order chi connectivity index (χ0) is 18.6. The van der Waals surface area contributed by atoms with Gasteiger partial charge >= 0.3 is 11.9 Å². The van der Waals surface area contributed by atoms with Crippen LogP contribution < -0.4 is 0 Å². The second kappa shape index (κ2) is 7.79. The summed E-state index contributed by atoms with van der Waals surface area (Å²) in [6.45, 7) is 6.94. The van der Waals surface area contributed by atoms with E-state index in [-0.39, 0.29) is 29.1 Å². The van der Waals surface area contributed by atoms with E-state index >= 15 is 0 Å². The minimum Gasteiger partial charge on any atom is -0.459 e. The maximum atomic E-state index is 12.2. The molecule has 0 amide bonds. The Morgan fingerprint density at radius 3 is 1.84 bits per heavy atom. The molecular weight excluding hydrogens is 324 g/mol. The maximum Gasteiger partial charge on any atom is 0.338 e.